The topological polar surface area (TPSA) is 69.2 Å². The van der Waals surface area contributed by atoms with E-state index in [1.165, 1.54) is 11.1 Å². The highest BCUT2D eigenvalue weighted by Crippen LogP contribution is 2.45. The van der Waals surface area contributed by atoms with Gasteiger partial charge in [0.05, 0.1) is 17.4 Å². The molecule has 2 bridgehead atoms. The first-order chi connectivity index (χ1) is 12.6. The van der Waals surface area contributed by atoms with Gasteiger partial charge >= 0.3 is 0 Å². The molecule has 5 rings (SSSR count). The van der Waals surface area contributed by atoms with E-state index in [-0.39, 0.29) is 11.9 Å². The number of piperidine rings is 1. The zero-order valence-electron chi connectivity index (χ0n) is 14.6. The summed E-state index contributed by atoms with van der Waals surface area (Å²) in [5, 5.41) is 9.86. The molecule has 5 nitrogen and oxygen atoms in total. The number of nitrogens with one attached hydrogen (secondary N) is 1. The lowest BCUT2D eigenvalue weighted by molar-refractivity contribution is 0.0438. The molecule has 2 aliphatic rings. The van der Waals surface area contributed by atoms with E-state index in [1.54, 1.807) is 12.4 Å². The maximum absolute atomic E-state index is 13.2. The lowest BCUT2D eigenvalue weighted by atomic mass is 9.68. The second-order valence-corrected chi connectivity index (χ2v) is 7.54. The Bertz CT molecular complexity index is 1010. The van der Waals surface area contributed by atoms with Crippen LogP contribution in [0.1, 0.15) is 40.7 Å². The van der Waals surface area contributed by atoms with Crippen molar-refractivity contribution in [2.45, 2.75) is 31.7 Å². The van der Waals surface area contributed by atoms with Gasteiger partial charge in [-0.2, -0.15) is 0 Å². The van der Waals surface area contributed by atoms with Gasteiger partial charge in [0.25, 0.3) is 5.91 Å². The molecule has 3 aromatic rings. The number of aromatic nitrogens is 2. The Morgan fingerprint density at radius 3 is 3.04 bits per heavy atom. The molecule has 1 aliphatic heterocycles. The highest BCUT2D eigenvalue weighted by molar-refractivity contribution is 5.97. The lowest BCUT2D eigenvalue weighted by Gasteiger charge is -2.48. The van der Waals surface area contributed by atoms with Crippen LogP contribution in [-0.2, 0) is 6.42 Å². The number of amides is 1. The average Bonchev–Trinajstić information content (AvgIpc) is 3.10. The zero-order valence-corrected chi connectivity index (χ0v) is 14.6. The summed E-state index contributed by atoms with van der Waals surface area (Å²) in [6, 6.07) is 11.6. The summed E-state index contributed by atoms with van der Waals surface area (Å²) in [5.41, 5.74) is 5.00. The van der Waals surface area contributed by atoms with Gasteiger partial charge in [-0.3, -0.25) is 4.79 Å². The molecule has 26 heavy (non-hydrogen) atoms. The smallest absolute Gasteiger partial charge is 0.254 e. The molecule has 0 radical (unpaired) electrons. The summed E-state index contributed by atoms with van der Waals surface area (Å²) in [6.07, 6.45) is 3.44. The Morgan fingerprint density at radius 2 is 2.15 bits per heavy atom. The summed E-state index contributed by atoms with van der Waals surface area (Å²) in [7, 11) is 0. The third-order valence-corrected chi connectivity index (χ3v) is 6.21. The summed E-state index contributed by atoms with van der Waals surface area (Å²) in [6.45, 7) is 2.99. The number of hydrogen-bond donors (Lipinski definition) is 2. The maximum atomic E-state index is 13.2. The Morgan fingerprint density at radius 1 is 1.27 bits per heavy atom. The summed E-state index contributed by atoms with van der Waals surface area (Å²) >= 11 is 0. The molecule has 1 saturated heterocycles. The highest BCUT2D eigenvalue weighted by atomic mass is 16.3. The number of carbonyl (C=O) groups is 1. The van der Waals surface area contributed by atoms with E-state index in [0.29, 0.717) is 23.1 Å². The fraction of sp³-hybridized carbons (Fsp3) is 0.333. The highest BCUT2D eigenvalue weighted by Gasteiger charge is 2.42. The molecule has 1 aliphatic carbocycles. The Labute approximate surface area is 151 Å². The second-order valence-electron chi connectivity index (χ2n) is 7.54. The van der Waals surface area contributed by atoms with Gasteiger partial charge in [0.2, 0.25) is 0 Å². The van der Waals surface area contributed by atoms with Crippen LogP contribution in [0.4, 0.5) is 0 Å². The van der Waals surface area contributed by atoms with Gasteiger partial charge in [-0.1, -0.05) is 13.0 Å². The molecule has 1 aromatic heterocycles. The van der Waals surface area contributed by atoms with Crippen LogP contribution in [0.5, 0.6) is 5.75 Å². The molecule has 3 atom stereocenters. The molecule has 1 fully saturated rings. The number of rotatable bonds is 1. The quantitative estimate of drug-likeness (QED) is 0.708. The Hall–Kier alpha value is -2.82. The molecule has 2 heterocycles. The molecule has 132 valence electrons. The van der Waals surface area contributed by atoms with Gasteiger partial charge in [-0.25, -0.2) is 4.98 Å². The van der Waals surface area contributed by atoms with E-state index in [1.807, 2.05) is 30.3 Å². The third-order valence-electron chi connectivity index (χ3n) is 6.21. The van der Waals surface area contributed by atoms with E-state index in [9.17, 15) is 9.90 Å². The van der Waals surface area contributed by atoms with E-state index < -0.39 is 0 Å². The molecule has 2 aromatic carbocycles. The predicted octanol–water partition coefficient (Wildman–Crippen LogP) is 3.46. The van der Waals surface area contributed by atoms with E-state index >= 15 is 0 Å². The fourth-order valence-corrected chi connectivity index (χ4v) is 4.82. The minimum Gasteiger partial charge on any atom is -0.508 e. The van der Waals surface area contributed by atoms with Crippen molar-refractivity contribution in [3.8, 4) is 5.75 Å². The normalized spacial score (nSPS) is 24.5. The van der Waals surface area contributed by atoms with Crippen molar-refractivity contribution in [3.63, 3.8) is 0 Å². The number of imidazole rings is 1. The van der Waals surface area contributed by atoms with Crippen LogP contribution in [-0.4, -0.2) is 38.5 Å². The summed E-state index contributed by atoms with van der Waals surface area (Å²) in [5.74, 6) is 1.23. The number of nitrogens with zero attached hydrogens (tertiary/aromatic N) is 2. The van der Waals surface area contributed by atoms with Gasteiger partial charge in [-0.15, -0.1) is 0 Å². The molecule has 3 unspecified atom stereocenters. The van der Waals surface area contributed by atoms with Gasteiger partial charge in [0.15, 0.2) is 0 Å². The van der Waals surface area contributed by atoms with Crippen molar-refractivity contribution in [2.75, 3.05) is 6.54 Å². The summed E-state index contributed by atoms with van der Waals surface area (Å²) < 4.78 is 0. The van der Waals surface area contributed by atoms with Crippen LogP contribution in [0.3, 0.4) is 0 Å². The Balaban J connectivity index is 1.49. The van der Waals surface area contributed by atoms with Crippen LogP contribution in [0, 0.1) is 5.92 Å². The first-order valence-corrected chi connectivity index (χ1v) is 9.18. The van der Waals surface area contributed by atoms with Crippen molar-refractivity contribution < 1.29 is 9.90 Å². The monoisotopic (exact) mass is 347 g/mol. The average molecular weight is 347 g/mol. The SMILES string of the molecule is CC1C2CCN(C(=O)c3ccc4nc[nH]c4c3)C1Cc1ccc(O)cc12. The standard InChI is InChI=1S/C21H21N3O2/c1-12-16-6-7-24(20(12)9-13-2-4-15(25)10-17(13)16)21(26)14-3-5-18-19(8-14)23-11-22-18/h2-5,8,10-12,16,20,25H,6-7,9H2,1H3,(H,22,23). The summed E-state index contributed by atoms with van der Waals surface area (Å²) in [4.78, 5) is 22.6. The number of likely N-dealkylation sites (tertiary alicyclic amines) is 1. The van der Waals surface area contributed by atoms with Crippen LogP contribution < -0.4 is 0 Å². The predicted molar refractivity (Wildman–Crippen MR) is 99.3 cm³/mol. The first-order valence-electron chi connectivity index (χ1n) is 9.18. The number of H-pyrrole nitrogens is 1. The maximum Gasteiger partial charge on any atom is 0.254 e. The van der Waals surface area contributed by atoms with Crippen molar-refractivity contribution in [2.24, 2.45) is 5.92 Å². The van der Waals surface area contributed by atoms with E-state index in [2.05, 4.69) is 21.8 Å². The zero-order chi connectivity index (χ0) is 17.8. The lowest BCUT2D eigenvalue weighted by Crippen LogP contribution is -2.53. The van der Waals surface area contributed by atoms with Crippen molar-refractivity contribution in [1.82, 2.24) is 14.9 Å². The van der Waals surface area contributed by atoms with Crippen molar-refractivity contribution in [1.29, 1.82) is 0 Å². The molecule has 1 amide bonds. The van der Waals surface area contributed by atoms with Crippen LogP contribution >= 0.6 is 0 Å². The van der Waals surface area contributed by atoms with Crippen LogP contribution in [0.25, 0.3) is 11.0 Å². The number of phenols is 1. The van der Waals surface area contributed by atoms with Gasteiger partial charge < -0.3 is 15.0 Å². The number of aromatic amines is 1. The van der Waals surface area contributed by atoms with E-state index in [4.69, 9.17) is 0 Å². The minimum absolute atomic E-state index is 0.0963. The van der Waals surface area contributed by atoms with Gasteiger partial charge in [0, 0.05) is 18.2 Å². The van der Waals surface area contributed by atoms with Crippen LogP contribution in [0.15, 0.2) is 42.7 Å². The largest absolute Gasteiger partial charge is 0.508 e. The number of phenolic OH excluding ortho intramolecular Hbond substituents is 1. The molecule has 2 N–H and O–H groups in total. The first kappa shape index (κ1) is 15.4. The number of carbonyl (C=O) groups excluding carboxylic acids is 1. The molecular weight excluding hydrogens is 326 g/mol. The molecular formula is C21H21N3O2. The second kappa shape index (κ2) is 5.59. The molecule has 0 saturated carbocycles. The van der Waals surface area contributed by atoms with Crippen molar-refractivity contribution >= 4 is 16.9 Å². The molecule has 5 heteroatoms. The van der Waals surface area contributed by atoms with Crippen LogP contribution in [0.2, 0.25) is 0 Å². The number of fused-ring (bicyclic) bond motifs is 5. The van der Waals surface area contributed by atoms with Gasteiger partial charge in [-0.05, 0) is 66.1 Å². The molecule has 0 spiro atoms. The minimum atomic E-state index is 0.0963. The van der Waals surface area contributed by atoms with Gasteiger partial charge in [0.1, 0.15) is 5.75 Å². The van der Waals surface area contributed by atoms with Crippen molar-refractivity contribution in [3.05, 3.63) is 59.4 Å². The Kier molecular flexibility index (Phi) is 3.32. The fourth-order valence-electron chi connectivity index (χ4n) is 4.82. The number of benzene rings is 2. The third kappa shape index (κ3) is 2.23. The van der Waals surface area contributed by atoms with E-state index in [0.717, 1.165) is 30.4 Å². The number of hydrogen-bond acceptors (Lipinski definition) is 3. The number of aromatic hydroxyl groups is 1.